The zero-order valence-corrected chi connectivity index (χ0v) is 13.1. The lowest BCUT2D eigenvalue weighted by molar-refractivity contribution is 0.0928. The van der Waals surface area contributed by atoms with Crippen LogP contribution < -0.4 is 11.1 Å². The fourth-order valence-electron chi connectivity index (χ4n) is 2.85. The number of aromatic nitrogens is 1. The third-order valence-corrected chi connectivity index (χ3v) is 3.99. The molecule has 0 aliphatic heterocycles. The molecular weight excluding hydrogens is 266 g/mol. The van der Waals surface area contributed by atoms with Gasteiger partial charge in [0.15, 0.2) is 5.69 Å². The van der Waals surface area contributed by atoms with Crippen molar-refractivity contribution in [1.82, 2.24) is 10.3 Å². The molecule has 0 saturated heterocycles. The van der Waals surface area contributed by atoms with Crippen molar-refractivity contribution in [2.75, 3.05) is 0 Å². The summed E-state index contributed by atoms with van der Waals surface area (Å²) >= 11 is 0. The van der Waals surface area contributed by atoms with Crippen LogP contribution >= 0.6 is 0 Å². The Bertz CT molecular complexity index is 448. The van der Waals surface area contributed by atoms with Crippen molar-refractivity contribution in [1.29, 1.82) is 0 Å². The van der Waals surface area contributed by atoms with Gasteiger partial charge in [-0.1, -0.05) is 39.5 Å². The summed E-state index contributed by atoms with van der Waals surface area (Å²) in [6, 6.07) is 0.0221. The zero-order chi connectivity index (χ0) is 15.2. The lowest BCUT2D eigenvalue weighted by Crippen LogP contribution is -2.34. The first kappa shape index (κ1) is 16.0. The molecule has 21 heavy (non-hydrogen) atoms. The van der Waals surface area contributed by atoms with E-state index in [9.17, 15) is 4.79 Å². The molecular formula is C16H27N3O2. The van der Waals surface area contributed by atoms with Gasteiger partial charge in [0.2, 0.25) is 5.89 Å². The third kappa shape index (κ3) is 4.84. The van der Waals surface area contributed by atoms with E-state index < -0.39 is 0 Å². The van der Waals surface area contributed by atoms with Crippen LogP contribution in [0.3, 0.4) is 0 Å². The number of nitrogens with one attached hydrogen (secondary N) is 1. The van der Waals surface area contributed by atoms with Crippen LogP contribution in [0.15, 0.2) is 10.7 Å². The summed E-state index contributed by atoms with van der Waals surface area (Å²) in [4.78, 5) is 16.5. The summed E-state index contributed by atoms with van der Waals surface area (Å²) in [5.74, 6) is 0.776. The summed E-state index contributed by atoms with van der Waals surface area (Å²) in [5, 5.41) is 3.07. The predicted molar refractivity (Wildman–Crippen MR) is 81.8 cm³/mol. The molecule has 0 spiro atoms. The highest BCUT2D eigenvalue weighted by atomic mass is 16.3. The normalized spacial score (nSPS) is 18.5. The van der Waals surface area contributed by atoms with Crippen molar-refractivity contribution in [2.24, 2.45) is 11.7 Å². The Kier molecular flexibility index (Phi) is 5.79. The number of rotatable bonds is 5. The lowest BCUT2D eigenvalue weighted by atomic mass is 10.0. The van der Waals surface area contributed by atoms with Gasteiger partial charge < -0.3 is 15.5 Å². The van der Waals surface area contributed by atoms with E-state index >= 15 is 0 Å². The van der Waals surface area contributed by atoms with E-state index in [0.29, 0.717) is 17.5 Å². The number of oxazole rings is 1. The Morgan fingerprint density at radius 1 is 1.38 bits per heavy atom. The summed E-state index contributed by atoms with van der Waals surface area (Å²) in [6.07, 6.45) is 9.25. The van der Waals surface area contributed by atoms with E-state index in [1.165, 1.54) is 31.9 Å². The molecule has 1 unspecified atom stereocenters. The summed E-state index contributed by atoms with van der Waals surface area (Å²) < 4.78 is 5.37. The highest BCUT2D eigenvalue weighted by Crippen LogP contribution is 2.19. The molecule has 1 atom stereocenters. The maximum Gasteiger partial charge on any atom is 0.273 e. The number of amides is 1. The van der Waals surface area contributed by atoms with Crippen molar-refractivity contribution >= 4 is 5.91 Å². The van der Waals surface area contributed by atoms with Gasteiger partial charge in [0.1, 0.15) is 6.26 Å². The van der Waals surface area contributed by atoms with Gasteiger partial charge in [0.05, 0.1) is 6.04 Å². The van der Waals surface area contributed by atoms with Crippen molar-refractivity contribution in [3.8, 4) is 0 Å². The van der Waals surface area contributed by atoms with Crippen molar-refractivity contribution < 1.29 is 9.21 Å². The van der Waals surface area contributed by atoms with Gasteiger partial charge >= 0.3 is 0 Å². The molecule has 5 nitrogen and oxygen atoms in total. The summed E-state index contributed by atoms with van der Waals surface area (Å²) in [7, 11) is 0. The van der Waals surface area contributed by atoms with E-state index in [1.54, 1.807) is 0 Å². The first-order chi connectivity index (χ1) is 10.1. The highest BCUT2D eigenvalue weighted by Gasteiger charge is 2.20. The van der Waals surface area contributed by atoms with Crippen LogP contribution in [0.5, 0.6) is 0 Å². The smallest absolute Gasteiger partial charge is 0.273 e. The molecule has 5 heteroatoms. The highest BCUT2D eigenvalue weighted by molar-refractivity contribution is 5.92. The molecule has 1 heterocycles. The molecule has 0 aromatic carbocycles. The summed E-state index contributed by atoms with van der Waals surface area (Å²) in [6.45, 7) is 4.20. The van der Waals surface area contributed by atoms with Crippen LogP contribution in [0.25, 0.3) is 0 Å². The predicted octanol–water partition coefficient (Wildman–Crippen LogP) is 3.17. The number of nitrogens with zero attached hydrogens (tertiary/aromatic N) is 1. The maximum absolute atomic E-state index is 12.2. The van der Waals surface area contributed by atoms with E-state index in [0.717, 1.165) is 19.3 Å². The van der Waals surface area contributed by atoms with Crippen LogP contribution in [0.4, 0.5) is 0 Å². The standard InChI is InChI=1S/C16H27N3O2/c1-11(2)9-13(17)16-19-14(10-21-16)15(20)18-12-7-5-3-4-6-8-12/h10-13H,3-9,17H2,1-2H3,(H,18,20). The van der Waals surface area contributed by atoms with E-state index in [4.69, 9.17) is 10.2 Å². The average molecular weight is 293 g/mol. The molecule has 1 fully saturated rings. The van der Waals surface area contributed by atoms with Crippen LogP contribution in [-0.2, 0) is 0 Å². The number of nitrogens with two attached hydrogens (primary N) is 1. The van der Waals surface area contributed by atoms with Gasteiger partial charge in [-0.05, 0) is 25.2 Å². The Balaban J connectivity index is 1.92. The van der Waals surface area contributed by atoms with Crippen LogP contribution in [0.1, 0.15) is 81.2 Å². The minimum absolute atomic E-state index is 0.145. The molecule has 0 bridgehead atoms. The third-order valence-electron chi connectivity index (χ3n) is 3.99. The Hall–Kier alpha value is -1.36. The number of carbonyl (C=O) groups is 1. The van der Waals surface area contributed by atoms with Crippen molar-refractivity contribution in [3.63, 3.8) is 0 Å². The minimum Gasteiger partial charge on any atom is -0.446 e. The van der Waals surface area contributed by atoms with E-state index in [-0.39, 0.29) is 18.0 Å². The second kappa shape index (κ2) is 7.59. The van der Waals surface area contributed by atoms with Gasteiger partial charge in [0.25, 0.3) is 5.91 Å². The zero-order valence-electron chi connectivity index (χ0n) is 13.1. The van der Waals surface area contributed by atoms with Crippen molar-refractivity contribution in [2.45, 2.75) is 70.9 Å². The van der Waals surface area contributed by atoms with Gasteiger partial charge in [0, 0.05) is 6.04 Å². The monoisotopic (exact) mass is 293 g/mol. The number of carbonyl (C=O) groups excluding carboxylic acids is 1. The van der Waals surface area contributed by atoms with Crippen LogP contribution in [-0.4, -0.2) is 16.9 Å². The first-order valence-electron chi connectivity index (χ1n) is 8.08. The molecule has 1 aliphatic carbocycles. The molecule has 2 rings (SSSR count). The largest absolute Gasteiger partial charge is 0.446 e. The van der Waals surface area contributed by atoms with Gasteiger partial charge in [-0.3, -0.25) is 4.79 Å². The molecule has 118 valence electrons. The second-order valence-corrected chi connectivity index (χ2v) is 6.47. The van der Waals surface area contributed by atoms with Gasteiger partial charge in [-0.25, -0.2) is 4.98 Å². The topological polar surface area (TPSA) is 81.1 Å². The Morgan fingerprint density at radius 3 is 2.67 bits per heavy atom. The fourth-order valence-corrected chi connectivity index (χ4v) is 2.85. The molecule has 1 amide bonds. The molecule has 1 aliphatic rings. The molecule has 1 saturated carbocycles. The minimum atomic E-state index is -0.246. The second-order valence-electron chi connectivity index (χ2n) is 6.47. The fraction of sp³-hybridized carbons (Fsp3) is 0.750. The Morgan fingerprint density at radius 2 is 2.05 bits per heavy atom. The first-order valence-corrected chi connectivity index (χ1v) is 8.08. The van der Waals surface area contributed by atoms with Crippen molar-refractivity contribution in [3.05, 3.63) is 17.8 Å². The maximum atomic E-state index is 12.2. The molecule has 0 radical (unpaired) electrons. The Labute approximate surface area is 126 Å². The van der Waals surface area contributed by atoms with E-state index in [1.807, 2.05) is 0 Å². The van der Waals surface area contributed by atoms with Gasteiger partial charge in [-0.2, -0.15) is 0 Å². The average Bonchev–Trinajstić information content (AvgIpc) is 2.78. The van der Waals surface area contributed by atoms with Crippen LogP contribution in [0, 0.1) is 5.92 Å². The van der Waals surface area contributed by atoms with Gasteiger partial charge in [-0.15, -0.1) is 0 Å². The lowest BCUT2D eigenvalue weighted by Gasteiger charge is -2.14. The quantitative estimate of drug-likeness (QED) is 0.817. The van der Waals surface area contributed by atoms with E-state index in [2.05, 4.69) is 24.1 Å². The molecule has 1 aromatic rings. The SMILES string of the molecule is CC(C)CC(N)c1nc(C(=O)NC2CCCCCC2)co1. The molecule has 3 N–H and O–H groups in total. The summed E-state index contributed by atoms with van der Waals surface area (Å²) in [5.41, 5.74) is 6.37. The molecule has 1 aromatic heterocycles. The number of hydrogen-bond donors (Lipinski definition) is 2. The number of hydrogen-bond acceptors (Lipinski definition) is 4. The van der Waals surface area contributed by atoms with Crippen LogP contribution in [0.2, 0.25) is 0 Å².